The zero-order chi connectivity index (χ0) is 19.4. The Morgan fingerprint density at radius 2 is 2.11 bits per heavy atom. The molecule has 1 fully saturated rings. The average molecular weight is 370 g/mol. The molecular formula is C20H23FN4O2. The molecule has 2 amide bonds. The predicted molar refractivity (Wildman–Crippen MR) is 101 cm³/mol. The minimum absolute atomic E-state index is 0.141. The lowest BCUT2D eigenvalue weighted by Gasteiger charge is -2.35. The molecule has 6 nitrogen and oxygen atoms in total. The summed E-state index contributed by atoms with van der Waals surface area (Å²) >= 11 is 0. The van der Waals surface area contributed by atoms with Crippen LogP contribution in [0.1, 0.15) is 16.8 Å². The molecule has 3 rings (SSSR count). The maximum atomic E-state index is 13.3. The molecule has 0 aliphatic carbocycles. The van der Waals surface area contributed by atoms with Gasteiger partial charge in [0.05, 0.1) is 18.3 Å². The number of pyridine rings is 1. The van der Waals surface area contributed by atoms with E-state index in [0.717, 1.165) is 16.8 Å². The predicted octanol–water partition coefficient (Wildman–Crippen LogP) is 1.82. The highest BCUT2D eigenvalue weighted by Gasteiger charge is 2.32. The fourth-order valence-electron chi connectivity index (χ4n) is 3.13. The van der Waals surface area contributed by atoms with Crippen molar-refractivity contribution in [3.63, 3.8) is 0 Å². The number of nitrogens with one attached hydrogen (secondary N) is 2. The first-order valence-electron chi connectivity index (χ1n) is 8.93. The van der Waals surface area contributed by atoms with E-state index in [1.165, 1.54) is 12.1 Å². The summed E-state index contributed by atoms with van der Waals surface area (Å²) in [5.41, 5.74) is 2.95. The number of anilines is 1. The van der Waals surface area contributed by atoms with Gasteiger partial charge in [0.2, 0.25) is 11.8 Å². The normalized spacial score (nSPS) is 16.9. The molecule has 1 unspecified atom stereocenters. The molecule has 1 aliphatic heterocycles. The Bertz CT molecular complexity index is 838. The highest BCUT2D eigenvalue weighted by atomic mass is 19.1. The van der Waals surface area contributed by atoms with E-state index >= 15 is 0 Å². The molecule has 2 N–H and O–H groups in total. The second-order valence-corrected chi connectivity index (χ2v) is 6.73. The Kier molecular flexibility index (Phi) is 5.81. The number of nitrogens with zero attached hydrogens (tertiary/aromatic N) is 2. The molecule has 7 heteroatoms. The van der Waals surface area contributed by atoms with Gasteiger partial charge in [-0.05, 0) is 49.2 Å². The summed E-state index contributed by atoms with van der Waals surface area (Å²) in [4.78, 5) is 31.3. The van der Waals surface area contributed by atoms with Gasteiger partial charge in [-0.2, -0.15) is 0 Å². The minimum Gasteiger partial charge on any atom is -0.328 e. The molecule has 0 saturated carbocycles. The van der Waals surface area contributed by atoms with Gasteiger partial charge in [0.15, 0.2) is 0 Å². The number of aryl methyl sites for hydroxylation is 2. The van der Waals surface area contributed by atoms with Gasteiger partial charge in [-0.1, -0.05) is 6.07 Å². The van der Waals surface area contributed by atoms with E-state index < -0.39 is 6.04 Å². The summed E-state index contributed by atoms with van der Waals surface area (Å²) in [6, 6.07) is 7.38. The third kappa shape index (κ3) is 4.68. The van der Waals surface area contributed by atoms with Crippen LogP contribution in [0.25, 0.3) is 0 Å². The smallest absolute Gasteiger partial charge is 0.248 e. The quantitative estimate of drug-likeness (QED) is 0.861. The van der Waals surface area contributed by atoms with Crippen LogP contribution in [0.5, 0.6) is 0 Å². The van der Waals surface area contributed by atoms with Gasteiger partial charge in [0.1, 0.15) is 11.9 Å². The number of halogens is 1. The van der Waals surface area contributed by atoms with E-state index in [1.807, 2.05) is 13.0 Å². The summed E-state index contributed by atoms with van der Waals surface area (Å²) in [6.45, 7) is 5.11. The third-order valence-electron chi connectivity index (χ3n) is 4.69. The van der Waals surface area contributed by atoms with Crippen molar-refractivity contribution in [3.8, 4) is 0 Å². The number of rotatable bonds is 4. The van der Waals surface area contributed by atoms with Crippen molar-refractivity contribution in [2.45, 2.75) is 26.3 Å². The molecule has 1 aromatic heterocycles. The number of piperazine rings is 1. The van der Waals surface area contributed by atoms with Crippen molar-refractivity contribution in [1.29, 1.82) is 0 Å². The molecule has 27 heavy (non-hydrogen) atoms. The number of hydrogen-bond donors (Lipinski definition) is 2. The minimum atomic E-state index is -0.603. The molecule has 0 radical (unpaired) electrons. The maximum Gasteiger partial charge on any atom is 0.248 e. The van der Waals surface area contributed by atoms with Crippen molar-refractivity contribution < 1.29 is 14.0 Å². The van der Waals surface area contributed by atoms with Gasteiger partial charge < -0.3 is 15.5 Å². The topological polar surface area (TPSA) is 74.3 Å². The Labute approximate surface area is 157 Å². The van der Waals surface area contributed by atoms with Crippen LogP contribution in [0.4, 0.5) is 10.1 Å². The summed E-state index contributed by atoms with van der Waals surface area (Å²) in [5.74, 6) is -0.722. The standard InChI is InChI=1S/C20H23FN4O2/c1-13-9-16(21)5-4-15(13)10-19(26)25-8-7-22-12-18(25)20(27)24-17-6-3-14(2)23-11-17/h3-6,9,11,18,22H,7-8,10,12H2,1-2H3,(H,24,27). The zero-order valence-electron chi connectivity index (χ0n) is 15.5. The molecule has 0 bridgehead atoms. The summed E-state index contributed by atoms with van der Waals surface area (Å²) in [7, 11) is 0. The zero-order valence-corrected chi connectivity index (χ0v) is 15.5. The largest absolute Gasteiger partial charge is 0.328 e. The van der Waals surface area contributed by atoms with Crippen LogP contribution in [0.15, 0.2) is 36.5 Å². The van der Waals surface area contributed by atoms with Crippen molar-refractivity contribution in [1.82, 2.24) is 15.2 Å². The summed E-state index contributed by atoms with van der Waals surface area (Å²) in [6.07, 6.45) is 1.74. The number of aromatic nitrogens is 1. The highest BCUT2D eigenvalue weighted by molar-refractivity contribution is 5.97. The lowest BCUT2D eigenvalue weighted by molar-refractivity contribution is -0.139. The van der Waals surface area contributed by atoms with Crippen molar-refractivity contribution in [2.24, 2.45) is 0 Å². The molecule has 1 aliphatic rings. The fraction of sp³-hybridized carbons (Fsp3) is 0.350. The van der Waals surface area contributed by atoms with Gasteiger partial charge in [-0.25, -0.2) is 4.39 Å². The molecule has 0 spiro atoms. The summed E-state index contributed by atoms with van der Waals surface area (Å²) in [5, 5.41) is 5.98. The highest BCUT2D eigenvalue weighted by Crippen LogP contribution is 2.15. The van der Waals surface area contributed by atoms with Crippen LogP contribution in [0.2, 0.25) is 0 Å². The first-order chi connectivity index (χ1) is 12.9. The van der Waals surface area contributed by atoms with Crippen molar-refractivity contribution in [3.05, 3.63) is 59.2 Å². The van der Waals surface area contributed by atoms with E-state index in [4.69, 9.17) is 0 Å². The van der Waals surface area contributed by atoms with Crippen LogP contribution >= 0.6 is 0 Å². The van der Waals surface area contributed by atoms with E-state index in [9.17, 15) is 14.0 Å². The van der Waals surface area contributed by atoms with Crippen LogP contribution in [0.3, 0.4) is 0 Å². The first kappa shape index (κ1) is 19.0. The van der Waals surface area contributed by atoms with Crippen molar-refractivity contribution in [2.75, 3.05) is 25.0 Å². The second kappa shape index (κ2) is 8.26. The van der Waals surface area contributed by atoms with E-state index in [1.54, 1.807) is 30.2 Å². The number of benzene rings is 1. The second-order valence-electron chi connectivity index (χ2n) is 6.73. The molecule has 2 aromatic rings. The molecule has 1 saturated heterocycles. The van der Waals surface area contributed by atoms with E-state index in [2.05, 4.69) is 15.6 Å². The maximum absolute atomic E-state index is 13.3. The van der Waals surface area contributed by atoms with Crippen LogP contribution in [0, 0.1) is 19.7 Å². The summed E-state index contributed by atoms with van der Waals surface area (Å²) < 4.78 is 13.3. The lowest BCUT2D eigenvalue weighted by atomic mass is 10.0. The molecule has 2 heterocycles. The lowest BCUT2D eigenvalue weighted by Crippen LogP contribution is -2.58. The Hall–Kier alpha value is -2.80. The number of carbonyl (C=O) groups is 2. The molecule has 142 valence electrons. The number of amides is 2. The molecule has 1 aromatic carbocycles. The van der Waals surface area contributed by atoms with Gasteiger partial charge in [-0.15, -0.1) is 0 Å². The monoisotopic (exact) mass is 370 g/mol. The molecule has 1 atom stereocenters. The van der Waals surface area contributed by atoms with Gasteiger partial charge in [0, 0.05) is 25.3 Å². The average Bonchev–Trinajstić information content (AvgIpc) is 2.66. The van der Waals surface area contributed by atoms with Gasteiger partial charge in [0.25, 0.3) is 0 Å². The van der Waals surface area contributed by atoms with E-state index in [0.29, 0.717) is 25.3 Å². The Balaban J connectivity index is 1.71. The SMILES string of the molecule is Cc1ccc(NC(=O)C2CNCCN2C(=O)Cc2ccc(F)cc2C)cn1. The number of carbonyl (C=O) groups excluding carboxylic acids is 2. The van der Waals surface area contributed by atoms with Crippen LogP contribution < -0.4 is 10.6 Å². The van der Waals surface area contributed by atoms with Crippen LogP contribution in [-0.2, 0) is 16.0 Å². The first-order valence-corrected chi connectivity index (χ1v) is 8.93. The van der Waals surface area contributed by atoms with Crippen molar-refractivity contribution >= 4 is 17.5 Å². The third-order valence-corrected chi connectivity index (χ3v) is 4.69. The van der Waals surface area contributed by atoms with Gasteiger partial charge >= 0.3 is 0 Å². The Morgan fingerprint density at radius 1 is 1.30 bits per heavy atom. The van der Waals surface area contributed by atoms with E-state index in [-0.39, 0.29) is 24.1 Å². The van der Waals surface area contributed by atoms with Crippen LogP contribution in [-0.4, -0.2) is 47.4 Å². The molecular weight excluding hydrogens is 347 g/mol. The fourth-order valence-corrected chi connectivity index (χ4v) is 3.13. The van der Waals surface area contributed by atoms with Gasteiger partial charge in [-0.3, -0.25) is 14.6 Å². The Morgan fingerprint density at radius 3 is 2.81 bits per heavy atom. The number of hydrogen-bond acceptors (Lipinski definition) is 4.